The van der Waals surface area contributed by atoms with Crippen molar-refractivity contribution in [3.63, 3.8) is 0 Å². The van der Waals surface area contributed by atoms with Gasteiger partial charge in [0.2, 0.25) is 0 Å². The second-order valence-electron chi connectivity index (χ2n) is 7.20. The van der Waals surface area contributed by atoms with E-state index < -0.39 is 0 Å². The van der Waals surface area contributed by atoms with Gasteiger partial charge >= 0.3 is 0 Å². The number of hydrogen-bond donors (Lipinski definition) is 1. The van der Waals surface area contributed by atoms with E-state index in [4.69, 9.17) is 0 Å². The molecule has 0 aromatic carbocycles. The van der Waals surface area contributed by atoms with E-state index in [1.807, 2.05) is 11.3 Å². The molecule has 1 aliphatic rings. The van der Waals surface area contributed by atoms with Gasteiger partial charge in [0.05, 0.1) is 0 Å². The van der Waals surface area contributed by atoms with E-state index in [2.05, 4.69) is 62.3 Å². The minimum Gasteiger partial charge on any atom is -0.311 e. The highest BCUT2D eigenvalue weighted by molar-refractivity contribution is 7.10. The summed E-state index contributed by atoms with van der Waals surface area (Å²) in [5, 5.41) is 6.00. The van der Waals surface area contributed by atoms with Crippen molar-refractivity contribution in [3.8, 4) is 0 Å². The van der Waals surface area contributed by atoms with E-state index in [1.54, 1.807) is 0 Å². The number of hydrogen-bond acceptors (Lipinski definition) is 3. The highest BCUT2D eigenvalue weighted by atomic mass is 32.1. The Morgan fingerprint density at radius 3 is 2.62 bits per heavy atom. The third kappa shape index (κ3) is 4.30. The first-order chi connectivity index (χ1) is 10.0. The van der Waals surface area contributed by atoms with Crippen molar-refractivity contribution in [1.82, 2.24) is 10.2 Å². The van der Waals surface area contributed by atoms with Crippen molar-refractivity contribution in [2.45, 2.75) is 65.6 Å². The Hall–Kier alpha value is -0.380. The van der Waals surface area contributed by atoms with Crippen LogP contribution in [0.1, 0.15) is 58.4 Å². The maximum absolute atomic E-state index is 3.78. The molecule has 1 fully saturated rings. The molecule has 21 heavy (non-hydrogen) atoms. The summed E-state index contributed by atoms with van der Waals surface area (Å²) in [5.41, 5.74) is 0. The standard InChI is InChI=1S/C18H32N2S/c1-6-16-11-19-15(10-13(2)3)12-20(16)18(14(4)5)17-8-7-9-21-17/h7-9,13-16,18-19H,6,10-12H2,1-5H3. The Bertz CT molecular complexity index is 399. The maximum atomic E-state index is 3.78. The number of rotatable bonds is 6. The van der Waals surface area contributed by atoms with Crippen molar-refractivity contribution in [3.05, 3.63) is 22.4 Å². The fraction of sp³-hybridized carbons (Fsp3) is 0.778. The van der Waals surface area contributed by atoms with Crippen molar-refractivity contribution in [2.75, 3.05) is 13.1 Å². The van der Waals surface area contributed by atoms with Crippen LogP contribution in [-0.4, -0.2) is 30.1 Å². The summed E-state index contributed by atoms with van der Waals surface area (Å²) in [4.78, 5) is 4.33. The molecule has 3 heteroatoms. The fourth-order valence-electron chi connectivity index (χ4n) is 3.67. The molecule has 0 bridgehead atoms. The van der Waals surface area contributed by atoms with E-state index in [1.165, 1.54) is 24.3 Å². The third-order valence-electron chi connectivity index (χ3n) is 4.59. The second kappa shape index (κ2) is 7.75. The van der Waals surface area contributed by atoms with Crippen molar-refractivity contribution in [1.29, 1.82) is 0 Å². The van der Waals surface area contributed by atoms with Crippen LogP contribution in [0.2, 0.25) is 0 Å². The van der Waals surface area contributed by atoms with Crippen LogP contribution in [0.5, 0.6) is 0 Å². The number of piperazine rings is 1. The van der Waals surface area contributed by atoms with E-state index in [0.29, 0.717) is 24.0 Å². The van der Waals surface area contributed by atoms with Gasteiger partial charge in [-0.3, -0.25) is 4.90 Å². The molecule has 1 N–H and O–H groups in total. The molecule has 0 radical (unpaired) electrons. The molecule has 0 saturated carbocycles. The molecule has 0 aliphatic carbocycles. The number of thiophene rings is 1. The SMILES string of the molecule is CCC1CNC(CC(C)C)CN1C(c1cccs1)C(C)C. The highest BCUT2D eigenvalue weighted by Gasteiger charge is 2.34. The van der Waals surface area contributed by atoms with Crippen molar-refractivity contribution >= 4 is 11.3 Å². The van der Waals surface area contributed by atoms with Crippen LogP contribution in [0.3, 0.4) is 0 Å². The minimum absolute atomic E-state index is 0.576. The summed E-state index contributed by atoms with van der Waals surface area (Å²) in [6.45, 7) is 14.1. The first-order valence-corrected chi connectivity index (χ1v) is 9.43. The average Bonchev–Trinajstić information content (AvgIpc) is 2.92. The Morgan fingerprint density at radius 2 is 2.10 bits per heavy atom. The summed E-state index contributed by atoms with van der Waals surface area (Å²) in [5.74, 6) is 1.43. The third-order valence-corrected chi connectivity index (χ3v) is 5.54. The van der Waals surface area contributed by atoms with Gasteiger partial charge in [-0.1, -0.05) is 40.7 Å². The smallest absolute Gasteiger partial charge is 0.0468 e. The van der Waals surface area contributed by atoms with Gasteiger partial charge in [0.15, 0.2) is 0 Å². The van der Waals surface area contributed by atoms with Crippen LogP contribution in [0, 0.1) is 11.8 Å². The zero-order chi connectivity index (χ0) is 15.4. The molecule has 2 heterocycles. The first-order valence-electron chi connectivity index (χ1n) is 8.55. The highest BCUT2D eigenvalue weighted by Crippen LogP contribution is 2.35. The van der Waals surface area contributed by atoms with Gasteiger partial charge in [-0.25, -0.2) is 0 Å². The van der Waals surface area contributed by atoms with Gasteiger partial charge in [0.25, 0.3) is 0 Å². The second-order valence-corrected chi connectivity index (χ2v) is 8.18. The molecular weight excluding hydrogens is 276 g/mol. The van der Waals surface area contributed by atoms with Gasteiger partial charge in [0, 0.05) is 36.1 Å². The van der Waals surface area contributed by atoms with Crippen LogP contribution in [0.15, 0.2) is 17.5 Å². The zero-order valence-corrected chi connectivity index (χ0v) is 15.1. The van der Waals surface area contributed by atoms with E-state index in [0.717, 1.165) is 12.5 Å². The summed E-state index contributed by atoms with van der Waals surface area (Å²) in [7, 11) is 0. The topological polar surface area (TPSA) is 15.3 Å². The molecule has 120 valence electrons. The Labute approximate surface area is 134 Å². The minimum atomic E-state index is 0.576. The van der Waals surface area contributed by atoms with Gasteiger partial charge in [-0.15, -0.1) is 11.3 Å². The van der Waals surface area contributed by atoms with E-state index >= 15 is 0 Å². The summed E-state index contributed by atoms with van der Waals surface area (Å²) < 4.78 is 0. The Balaban J connectivity index is 2.18. The molecule has 0 spiro atoms. The Morgan fingerprint density at radius 1 is 1.33 bits per heavy atom. The fourth-order valence-corrected chi connectivity index (χ4v) is 4.69. The lowest BCUT2D eigenvalue weighted by molar-refractivity contribution is 0.0527. The van der Waals surface area contributed by atoms with Crippen LogP contribution in [0.4, 0.5) is 0 Å². The molecule has 2 rings (SSSR count). The zero-order valence-electron chi connectivity index (χ0n) is 14.3. The lowest BCUT2D eigenvalue weighted by Gasteiger charge is -2.46. The van der Waals surface area contributed by atoms with Gasteiger partial charge in [-0.05, 0) is 36.1 Å². The molecule has 1 aliphatic heterocycles. The normalized spacial score (nSPS) is 25.7. The van der Waals surface area contributed by atoms with Gasteiger partial charge in [0.1, 0.15) is 0 Å². The predicted molar refractivity (Wildman–Crippen MR) is 93.9 cm³/mol. The van der Waals surface area contributed by atoms with E-state index in [9.17, 15) is 0 Å². The van der Waals surface area contributed by atoms with Crippen LogP contribution >= 0.6 is 11.3 Å². The molecule has 0 amide bonds. The largest absolute Gasteiger partial charge is 0.311 e. The van der Waals surface area contributed by atoms with Crippen molar-refractivity contribution < 1.29 is 0 Å². The van der Waals surface area contributed by atoms with Crippen molar-refractivity contribution in [2.24, 2.45) is 11.8 Å². The molecule has 3 unspecified atom stereocenters. The summed E-state index contributed by atoms with van der Waals surface area (Å²) >= 11 is 1.92. The molecule has 1 aromatic rings. The summed E-state index contributed by atoms with van der Waals surface area (Å²) in [6.07, 6.45) is 2.51. The lowest BCUT2D eigenvalue weighted by atomic mass is 9.93. The number of nitrogens with zero attached hydrogens (tertiary/aromatic N) is 1. The van der Waals surface area contributed by atoms with Crippen LogP contribution in [0.25, 0.3) is 0 Å². The average molecular weight is 309 g/mol. The van der Waals surface area contributed by atoms with Crippen LogP contribution in [-0.2, 0) is 0 Å². The lowest BCUT2D eigenvalue weighted by Crippen LogP contribution is -2.58. The maximum Gasteiger partial charge on any atom is 0.0468 e. The van der Waals surface area contributed by atoms with Gasteiger partial charge < -0.3 is 5.32 Å². The van der Waals surface area contributed by atoms with Gasteiger partial charge in [-0.2, -0.15) is 0 Å². The number of nitrogens with one attached hydrogen (secondary N) is 1. The van der Waals surface area contributed by atoms with E-state index in [-0.39, 0.29) is 0 Å². The molecule has 1 aromatic heterocycles. The molecule has 1 saturated heterocycles. The monoisotopic (exact) mass is 308 g/mol. The Kier molecular flexibility index (Phi) is 6.27. The first kappa shape index (κ1) is 17.0. The quantitative estimate of drug-likeness (QED) is 0.830. The molecular formula is C18H32N2S. The molecule has 3 atom stereocenters. The predicted octanol–water partition coefficient (Wildman–Crippen LogP) is 4.54. The molecule has 2 nitrogen and oxygen atoms in total. The summed E-state index contributed by atoms with van der Waals surface area (Å²) in [6, 6.07) is 6.41. The van der Waals surface area contributed by atoms with Crippen LogP contribution < -0.4 is 5.32 Å².